The molecule has 5 nitrogen and oxygen atoms in total. The predicted molar refractivity (Wildman–Crippen MR) is 80.8 cm³/mol. The highest BCUT2D eigenvalue weighted by atomic mass is 16.6. The zero-order valence-corrected chi connectivity index (χ0v) is 13.2. The molecule has 1 aliphatic carbocycles. The minimum absolute atomic E-state index is 0.328. The molecule has 0 aromatic carbocycles. The van der Waals surface area contributed by atoms with E-state index in [1.165, 1.54) is 6.92 Å². The zero-order chi connectivity index (χ0) is 16.4. The molecule has 0 saturated carbocycles. The van der Waals surface area contributed by atoms with Crippen molar-refractivity contribution in [2.24, 2.45) is 5.92 Å². The van der Waals surface area contributed by atoms with Gasteiger partial charge in [0, 0.05) is 18.9 Å². The van der Waals surface area contributed by atoms with Crippen LogP contribution in [0.1, 0.15) is 33.6 Å². The van der Waals surface area contributed by atoms with Gasteiger partial charge in [0.05, 0.1) is 12.0 Å². The molecule has 0 aromatic heterocycles. The number of rotatable bonds is 1. The van der Waals surface area contributed by atoms with Crippen LogP contribution in [0.4, 0.5) is 0 Å². The van der Waals surface area contributed by atoms with Crippen molar-refractivity contribution in [1.82, 2.24) is 0 Å². The van der Waals surface area contributed by atoms with E-state index in [9.17, 15) is 14.7 Å². The van der Waals surface area contributed by atoms with Crippen molar-refractivity contribution >= 4 is 11.9 Å². The average molecular weight is 306 g/mol. The van der Waals surface area contributed by atoms with Gasteiger partial charge in [-0.05, 0) is 26.3 Å². The highest BCUT2D eigenvalue weighted by molar-refractivity contribution is 5.91. The van der Waals surface area contributed by atoms with Crippen molar-refractivity contribution in [3.05, 3.63) is 35.5 Å². The van der Waals surface area contributed by atoms with Gasteiger partial charge in [-0.25, -0.2) is 4.79 Å². The van der Waals surface area contributed by atoms with Gasteiger partial charge in [0.1, 0.15) is 12.2 Å². The third kappa shape index (κ3) is 3.65. The molecule has 0 amide bonds. The van der Waals surface area contributed by atoms with Gasteiger partial charge in [-0.15, -0.1) is 0 Å². The second kappa shape index (κ2) is 6.48. The van der Waals surface area contributed by atoms with Crippen LogP contribution in [0.25, 0.3) is 0 Å². The maximum atomic E-state index is 11.9. The Hall–Kier alpha value is -1.88. The summed E-state index contributed by atoms with van der Waals surface area (Å²) < 4.78 is 10.8. The SMILES string of the molecule is C=C1C(=O)O[C@H]2C/C(C)=C/[C@H](O)C/C(C)=C/[C@@H](OC(C)=O)[C@H]12. The maximum absolute atomic E-state index is 11.9. The lowest BCUT2D eigenvalue weighted by atomic mass is 9.85. The summed E-state index contributed by atoms with van der Waals surface area (Å²) in [7, 11) is 0. The van der Waals surface area contributed by atoms with Crippen LogP contribution in [-0.4, -0.2) is 35.4 Å². The fraction of sp³-hybridized carbons (Fsp3) is 0.529. The Morgan fingerprint density at radius 3 is 2.59 bits per heavy atom. The Morgan fingerprint density at radius 1 is 1.32 bits per heavy atom. The van der Waals surface area contributed by atoms with Crippen molar-refractivity contribution in [1.29, 1.82) is 0 Å². The van der Waals surface area contributed by atoms with Gasteiger partial charge in [-0.2, -0.15) is 0 Å². The number of esters is 2. The van der Waals surface area contributed by atoms with Crippen molar-refractivity contribution in [2.75, 3.05) is 0 Å². The van der Waals surface area contributed by atoms with Gasteiger partial charge in [0.15, 0.2) is 0 Å². The molecule has 22 heavy (non-hydrogen) atoms. The number of hydrogen-bond acceptors (Lipinski definition) is 5. The first-order valence-electron chi connectivity index (χ1n) is 7.37. The summed E-state index contributed by atoms with van der Waals surface area (Å²) in [5.74, 6) is -1.28. The van der Waals surface area contributed by atoms with Crippen LogP contribution in [0.3, 0.4) is 0 Å². The number of hydrogen-bond donors (Lipinski definition) is 1. The van der Waals surface area contributed by atoms with Crippen molar-refractivity contribution < 1.29 is 24.2 Å². The van der Waals surface area contributed by atoms with Crippen LogP contribution >= 0.6 is 0 Å². The Kier molecular flexibility index (Phi) is 4.86. The summed E-state index contributed by atoms with van der Waals surface area (Å²) in [6.45, 7) is 8.88. The molecule has 1 fully saturated rings. The third-order valence-electron chi connectivity index (χ3n) is 3.96. The van der Waals surface area contributed by atoms with Crippen molar-refractivity contribution in [2.45, 2.75) is 51.9 Å². The lowest BCUT2D eigenvalue weighted by Gasteiger charge is -2.26. The predicted octanol–water partition coefficient (Wildman–Crippen LogP) is 2.06. The summed E-state index contributed by atoms with van der Waals surface area (Å²) in [5, 5.41) is 10.0. The molecule has 0 bridgehead atoms. The van der Waals surface area contributed by atoms with Gasteiger partial charge in [0.25, 0.3) is 0 Å². The Morgan fingerprint density at radius 2 is 1.95 bits per heavy atom. The first kappa shape index (κ1) is 16.5. The largest absolute Gasteiger partial charge is 0.458 e. The second-order valence-electron chi connectivity index (χ2n) is 6.07. The fourth-order valence-electron chi connectivity index (χ4n) is 3.08. The van der Waals surface area contributed by atoms with Crippen LogP contribution in [-0.2, 0) is 19.1 Å². The van der Waals surface area contributed by atoms with Crippen molar-refractivity contribution in [3.8, 4) is 0 Å². The highest BCUT2D eigenvalue weighted by Gasteiger charge is 2.44. The summed E-state index contributed by atoms with van der Waals surface area (Å²) >= 11 is 0. The zero-order valence-electron chi connectivity index (χ0n) is 13.2. The molecular weight excluding hydrogens is 284 g/mol. The van der Waals surface area contributed by atoms with Crippen LogP contribution < -0.4 is 0 Å². The Balaban J connectivity index is 2.42. The molecule has 2 aliphatic rings. The molecule has 120 valence electrons. The average Bonchev–Trinajstić information content (AvgIpc) is 2.61. The number of carbonyl (C=O) groups is 2. The number of aliphatic hydroxyl groups excluding tert-OH is 1. The van der Waals surface area contributed by atoms with Gasteiger partial charge >= 0.3 is 11.9 Å². The third-order valence-corrected chi connectivity index (χ3v) is 3.96. The molecule has 1 saturated heterocycles. The Labute approximate surface area is 130 Å². The number of carbonyl (C=O) groups excluding carboxylic acids is 2. The molecule has 5 heteroatoms. The second-order valence-corrected chi connectivity index (χ2v) is 6.07. The van der Waals surface area contributed by atoms with E-state index < -0.39 is 36.2 Å². The molecule has 4 atom stereocenters. The van der Waals surface area contributed by atoms with E-state index in [1.54, 1.807) is 12.2 Å². The molecule has 1 heterocycles. The van der Waals surface area contributed by atoms with Gasteiger partial charge in [0.2, 0.25) is 0 Å². The first-order chi connectivity index (χ1) is 10.3. The molecule has 1 N–H and O–H groups in total. The lowest BCUT2D eigenvalue weighted by Crippen LogP contribution is -2.32. The maximum Gasteiger partial charge on any atom is 0.334 e. The minimum Gasteiger partial charge on any atom is -0.458 e. The summed E-state index contributed by atoms with van der Waals surface area (Å²) in [6, 6.07) is 0. The molecular formula is C17H22O5. The molecule has 1 aliphatic heterocycles. The quantitative estimate of drug-likeness (QED) is 0.456. The van der Waals surface area contributed by atoms with E-state index in [2.05, 4.69) is 6.58 Å². The minimum atomic E-state index is -0.612. The Bertz CT molecular complexity index is 557. The smallest absolute Gasteiger partial charge is 0.334 e. The molecule has 0 aromatic rings. The van der Waals surface area contributed by atoms with E-state index in [4.69, 9.17) is 9.47 Å². The standard InChI is InChI=1S/C17H22O5/c1-9-5-13(19)6-10(2)8-15-16(11(3)17(20)22-15)14(7-9)21-12(4)18/h6-7,13-16,19H,3,5,8H2,1-2,4H3/b9-7+,10-6+/t13-,14-,15+,16+/m1/s1. The highest BCUT2D eigenvalue weighted by Crippen LogP contribution is 2.36. The monoisotopic (exact) mass is 306 g/mol. The van der Waals surface area contributed by atoms with E-state index in [0.717, 1.165) is 11.1 Å². The normalized spacial score (nSPS) is 37.3. The van der Waals surface area contributed by atoms with Gasteiger partial charge in [-0.3, -0.25) is 4.79 Å². The summed E-state index contributed by atoms with van der Waals surface area (Å²) in [6.07, 6.45) is 2.84. The van der Waals surface area contributed by atoms with Crippen molar-refractivity contribution in [3.63, 3.8) is 0 Å². The molecule has 0 spiro atoms. The number of ether oxygens (including phenoxy) is 2. The van der Waals surface area contributed by atoms with E-state index in [1.807, 2.05) is 13.8 Å². The first-order valence-corrected chi connectivity index (χ1v) is 7.37. The summed E-state index contributed by atoms with van der Waals surface area (Å²) in [4.78, 5) is 23.3. The topological polar surface area (TPSA) is 72.8 Å². The van der Waals surface area contributed by atoms with Crippen LogP contribution in [0, 0.1) is 5.92 Å². The number of fused-ring (bicyclic) bond motifs is 1. The van der Waals surface area contributed by atoms with Crippen LogP contribution in [0.5, 0.6) is 0 Å². The van der Waals surface area contributed by atoms with Crippen LogP contribution in [0.15, 0.2) is 35.5 Å². The lowest BCUT2D eigenvalue weighted by molar-refractivity contribution is -0.147. The molecule has 0 unspecified atom stereocenters. The number of aliphatic hydroxyl groups is 1. The fourth-order valence-corrected chi connectivity index (χ4v) is 3.08. The van der Waals surface area contributed by atoms with E-state index in [-0.39, 0.29) is 0 Å². The van der Waals surface area contributed by atoms with Crippen LogP contribution in [0.2, 0.25) is 0 Å². The molecule has 2 rings (SSSR count). The molecule has 0 radical (unpaired) electrons. The van der Waals surface area contributed by atoms with Gasteiger partial charge in [-0.1, -0.05) is 23.8 Å². The summed E-state index contributed by atoms with van der Waals surface area (Å²) in [5.41, 5.74) is 2.14. The van der Waals surface area contributed by atoms with E-state index in [0.29, 0.717) is 18.4 Å². The van der Waals surface area contributed by atoms with E-state index >= 15 is 0 Å². The van der Waals surface area contributed by atoms with Gasteiger partial charge < -0.3 is 14.6 Å².